The predicted octanol–water partition coefficient (Wildman–Crippen LogP) is 3.08. The summed E-state index contributed by atoms with van der Waals surface area (Å²) < 4.78 is 14.4. The fraction of sp³-hybridized carbons (Fsp3) is 0.0909. The fourth-order valence-corrected chi connectivity index (χ4v) is 1.29. The van der Waals surface area contributed by atoms with Crippen molar-refractivity contribution < 1.29 is 6.11 Å². The number of rotatable bonds is 2. The highest BCUT2D eigenvalue weighted by Gasteiger charge is 1.98. The van der Waals surface area contributed by atoms with E-state index in [1.807, 2.05) is 22.6 Å². The van der Waals surface area contributed by atoms with Gasteiger partial charge in [0.15, 0.2) is 0 Å². The maximum Gasteiger partial charge on any atom is 0.119 e. The van der Waals surface area contributed by atoms with E-state index in [0.717, 1.165) is 5.56 Å². The summed E-state index contributed by atoms with van der Waals surface area (Å²) in [5.41, 5.74) is 1.44. The molecule has 0 saturated heterocycles. The molecular weight excluding hydrogens is 275 g/mol. The maximum absolute atomic E-state index is 7.68. The maximum atomic E-state index is 7.68. The Kier molecular flexibility index (Phi) is 3.27. The third-order valence-corrected chi connectivity index (χ3v) is 1.90. The molecule has 0 atom stereocenters. The number of hydrogen-bond donors (Lipinski definition) is 0. The van der Waals surface area contributed by atoms with Crippen LogP contribution in [0.25, 0.3) is 6.05 Å². The van der Waals surface area contributed by atoms with E-state index < -0.39 is 0 Å². The summed E-state index contributed by atoms with van der Waals surface area (Å²) in [6, 6.07) is 5.74. The van der Waals surface area contributed by atoms with E-state index in [4.69, 9.17) is 12.5 Å². The standard InChI is InChI=1S/C11H9IO/c1-3-9-4-5-11(13-2)8-10(9)6-7-12/h1,4-8H,2H3/b7-6+/i6D. The first-order chi connectivity index (χ1) is 6.72. The van der Waals surface area contributed by atoms with Gasteiger partial charge in [-0.15, -0.1) is 6.42 Å². The molecule has 0 saturated carbocycles. The topological polar surface area (TPSA) is 9.23 Å². The second-order valence-corrected chi connectivity index (χ2v) is 2.93. The predicted molar refractivity (Wildman–Crippen MR) is 64.0 cm³/mol. The molecular formula is C11H9IO. The number of halogens is 1. The van der Waals surface area contributed by atoms with Crippen molar-refractivity contribution in [3.63, 3.8) is 0 Å². The molecule has 0 fully saturated rings. The molecule has 0 aliphatic heterocycles. The van der Waals surface area contributed by atoms with Crippen molar-refractivity contribution in [3.8, 4) is 18.1 Å². The summed E-state index contributed by atoms with van der Waals surface area (Å²) in [4.78, 5) is 0. The average molecular weight is 285 g/mol. The van der Waals surface area contributed by atoms with Gasteiger partial charge in [0, 0.05) is 5.56 Å². The third kappa shape index (κ3) is 2.49. The molecule has 0 bridgehead atoms. The number of methoxy groups -OCH3 is 1. The zero-order valence-electron chi connectivity index (χ0n) is 8.17. The van der Waals surface area contributed by atoms with Gasteiger partial charge in [0.25, 0.3) is 0 Å². The van der Waals surface area contributed by atoms with Gasteiger partial charge < -0.3 is 4.74 Å². The summed E-state index contributed by atoms with van der Waals surface area (Å²) >= 11 is 2.01. The normalized spacial score (nSPS) is 11.8. The van der Waals surface area contributed by atoms with Gasteiger partial charge in [-0.2, -0.15) is 0 Å². The van der Waals surface area contributed by atoms with Crippen molar-refractivity contribution >= 4 is 28.6 Å². The van der Waals surface area contributed by atoms with E-state index in [9.17, 15) is 0 Å². The fourth-order valence-electron chi connectivity index (χ4n) is 0.954. The summed E-state index contributed by atoms with van der Waals surface area (Å²) in [6.45, 7) is 0. The number of terminal acetylenes is 1. The first-order valence-corrected chi connectivity index (χ1v) is 4.89. The Labute approximate surface area is 93.3 Å². The van der Waals surface area contributed by atoms with Crippen molar-refractivity contribution in [1.82, 2.24) is 0 Å². The van der Waals surface area contributed by atoms with Crippen molar-refractivity contribution in [2.24, 2.45) is 0 Å². The largest absolute Gasteiger partial charge is 0.497 e. The van der Waals surface area contributed by atoms with Crippen LogP contribution in [0.3, 0.4) is 0 Å². The Morgan fingerprint density at radius 2 is 2.46 bits per heavy atom. The minimum Gasteiger partial charge on any atom is -0.497 e. The van der Waals surface area contributed by atoms with Crippen LogP contribution in [0.2, 0.25) is 0 Å². The van der Waals surface area contributed by atoms with Crippen LogP contribution in [-0.2, 0) is 0 Å². The highest BCUT2D eigenvalue weighted by Crippen LogP contribution is 2.18. The second kappa shape index (κ2) is 4.93. The van der Waals surface area contributed by atoms with E-state index in [1.165, 1.54) is 0 Å². The van der Waals surface area contributed by atoms with Gasteiger partial charge in [-0.05, 0) is 33.9 Å². The number of ether oxygens (including phenoxy) is 1. The highest BCUT2D eigenvalue weighted by atomic mass is 127. The lowest BCUT2D eigenvalue weighted by molar-refractivity contribution is 0.414. The molecule has 0 spiro atoms. The molecule has 0 N–H and O–H groups in total. The molecule has 0 radical (unpaired) electrons. The lowest BCUT2D eigenvalue weighted by Crippen LogP contribution is -1.86. The van der Waals surface area contributed by atoms with Gasteiger partial charge >= 0.3 is 0 Å². The van der Waals surface area contributed by atoms with E-state index in [0.29, 0.717) is 17.4 Å². The number of hydrogen-bond acceptors (Lipinski definition) is 1. The second-order valence-electron chi connectivity index (χ2n) is 2.31. The average Bonchev–Trinajstić information content (AvgIpc) is 2.27. The summed E-state index contributed by atoms with van der Waals surface area (Å²) in [7, 11) is 1.59. The third-order valence-electron chi connectivity index (χ3n) is 1.59. The summed E-state index contributed by atoms with van der Waals surface area (Å²) in [5.74, 6) is 3.25. The molecule has 66 valence electrons. The molecule has 1 aromatic rings. The van der Waals surface area contributed by atoms with Crippen LogP contribution in [-0.4, -0.2) is 7.11 Å². The quantitative estimate of drug-likeness (QED) is 0.599. The molecule has 1 nitrogen and oxygen atoms in total. The van der Waals surface area contributed by atoms with Gasteiger partial charge in [-0.1, -0.05) is 28.5 Å². The van der Waals surface area contributed by atoms with Crippen LogP contribution in [0.4, 0.5) is 0 Å². The van der Waals surface area contributed by atoms with Crippen LogP contribution >= 0.6 is 22.6 Å². The van der Waals surface area contributed by atoms with Crippen LogP contribution in [0.15, 0.2) is 22.3 Å². The van der Waals surface area contributed by atoms with Crippen molar-refractivity contribution in [3.05, 3.63) is 33.4 Å². The SMILES string of the molecule is [2H]/C(=C\I)c1cc(OC)ccc1C#C. The lowest BCUT2D eigenvalue weighted by atomic mass is 10.1. The zero-order chi connectivity index (χ0) is 10.6. The van der Waals surface area contributed by atoms with Crippen LogP contribution < -0.4 is 4.74 Å². The zero-order valence-corrected chi connectivity index (χ0v) is 9.33. The summed E-state index contributed by atoms with van der Waals surface area (Å²) in [5, 5.41) is 0. The highest BCUT2D eigenvalue weighted by molar-refractivity contribution is 14.1. The molecule has 1 aromatic carbocycles. The molecule has 0 aromatic heterocycles. The molecule has 0 amide bonds. The van der Waals surface area contributed by atoms with Gasteiger partial charge in [0.1, 0.15) is 5.75 Å². The van der Waals surface area contributed by atoms with Crippen LogP contribution in [0.5, 0.6) is 5.75 Å². The Morgan fingerprint density at radius 1 is 1.69 bits per heavy atom. The van der Waals surface area contributed by atoms with Crippen molar-refractivity contribution in [2.75, 3.05) is 7.11 Å². The van der Waals surface area contributed by atoms with Gasteiger partial charge in [0.2, 0.25) is 0 Å². The minimum atomic E-state index is 0.400. The van der Waals surface area contributed by atoms with E-state index in [1.54, 1.807) is 29.4 Å². The number of benzene rings is 1. The summed E-state index contributed by atoms with van der Waals surface area (Å²) in [6.07, 6.45) is 5.33. The smallest absolute Gasteiger partial charge is 0.119 e. The molecule has 0 unspecified atom stereocenters. The molecule has 1 rings (SSSR count). The lowest BCUT2D eigenvalue weighted by Gasteiger charge is -2.02. The minimum absolute atomic E-state index is 0.400. The van der Waals surface area contributed by atoms with Crippen molar-refractivity contribution in [1.29, 1.82) is 0 Å². The monoisotopic (exact) mass is 285 g/mol. The van der Waals surface area contributed by atoms with Gasteiger partial charge in [-0.25, -0.2) is 0 Å². The van der Waals surface area contributed by atoms with Crippen LogP contribution in [0.1, 0.15) is 12.5 Å². The van der Waals surface area contributed by atoms with Crippen molar-refractivity contribution in [2.45, 2.75) is 0 Å². The Morgan fingerprint density at radius 3 is 3.00 bits per heavy atom. The first-order valence-electron chi connectivity index (χ1n) is 4.15. The van der Waals surface area contributed by atoms with E-state index in [2.05, 4.69) is 5.92 Å². The van der Waals surface area contributed by atoms with E-state index >= 15 is 0 Å². The molecule has 2 heteroatoms. The molecule has 13 heavy (non-hydrogen) atoms. The molecule has 0 aliphatic carbocycles. The van der Waals surface area contributed by atoms with E-state index in [-0.39, 0.29) is 0 Å². The molecule has 0 aliphatic rings. The van der Waals surface area contributed by atoms with Gasteiger partial charge in [-0.3, -0.25) is 0 Å². The van der Waals surface area contributed by atoms with Crippen LogP contribution in [0, 0.1) is 12.3 Å². The van der Waals surface area contributed by atoms with Gasteiger partial charge in [0.05, 0.1) is 8.48 Å². The Hall–Kier alpha value is -0.950. The first kappa shape index (κ1) is 8.64. The molecule has 0 heterocycles. The Bertz CT molecular complexity index is 404. The Balaban J connectivity index is 3.31.